The molecule has 2 atom stereocenters. The van der Waals surface area contributed by atoms with Gasteiger partial charge in [-0.1, -0.05) is 6.07 Å². The third-order valence-corrected chi connectivity index (χ3v) is 3.27. The van der Waals surface area contributed by atoms with Gasteiger partial charge in [0.2, 0.25) is 11.8 Å². The summed E-state index contributed by atoms with van der Waals surface area (Å²) in [6, 6.07) is 3.51. The zero-order valence-corrected chi connectivity index (χ0v) is 9.09. The summed E-state index contributed by atoms with van der Waals surface area (Å²) in [7, 11) is 0. The van der Waals surface area contributed by atoms with Crippen molar-refractivity contribution in [3.63, 3.8) is 0 Å². The molecule has 3 N–H and O–H groups in total. The molecule has 2 unspecified atom stereocenters. The number of nitrogen functional groups attached to an aromatic ring is 1. The lowest BCUT2D eigenvalue weighted by molar-refractivity contribution is -0.142. The molecule has 2 heterocycles. The van der Waals surface area contributed by atoms with Crippen LogP contribution in [0.2, 0.25) is 0 Å². The molecule has 0 bridgehead atoms. The van der Waals surface area contributed by atoms with Gasteiger partial charge in [-0.3, -0.25) is 14.5 Å². The second kappa shape index (κ2) is 3.53. The van der Waals surface area contributed by atoms with Crippen molar-refractivity contribution in [1.82, 2.24) is 9.88 Å². The second-order valence-corrected chi connectivity index (χ2v) is 4.41. The summed E-state index contributed by atoms with van der Waals surface area (Å²) in [5.74, 6) is 5.59. The molecular formula is C11H12N4O2. The van der Waals surface area contributed by atoms with Crippen molar-refractivity contribution in [3.05, 3.63) is 23.9 Å². The van der Waals surface area contributed by atoms with E-state index in [0.717, 1.165) is 12.0 Å². The smallest absolute Gasteiger partial charge is 0.233 e. The van der Waals surface area contributed by atoms with Crippen molar-refractivity contribution < 1.29 is 9.59 Å². The Morgan fingerprint density at radius 3 is 2.59 bits per heavy atom. The number of hydrogen-bond donors (Lipinski definition) is 2. The van der Waals surface area contributed by atoms with Gasteiger partial charge in [0.1, 0.15) is 5.82 Å². The first-order valence-corrected chi connectivity index (χ1v) is 5.47. The molecule has 88 valence electrons. The molecule has 0 spiro atoms. The van der Waals surface area contributed by atoms with Crippen LogP contribution >= 0.6 is 0 Å². The van der Waals surface area contributed by atoms with Crippen molar-refractivity contribution >= 4 is 17.6 Å². The highest BCUT2D eigenvalue weighted by molar-refractivity contribution is 6.08. The number of amides is 2. The predicted molar refractivity (Wildman–Crippen MR) is 59.2 cm³/mol. The molecule has 2 amide bonds. The van der Waals surface area contributed by atoms with Gasteiger partial charge in [0, 0.05) is 6.20 Å². The van der Waals surface area contributed by atoms with Crippen LogP contribution in [0.3, 0.4) is 0 Å². The van der Waals surface area contributed by atoms with E-state index in [0.29, 0.717) is 12.4 Å². The monoisotopic (exact) mass is 232 g/mol. The SMILES string of the molecule is NNc1ccc(CN2C(=O)C3CC3C2=O)cn1. The first kappa shape index (κ1) is 10.2. The highest BCUT2D eigenvalue weighted by Gasteiger charge is 2.58. The molecule has 2 aliphatic rings. The van der Waals surface area contributed by atoms with Crippen LogP contribution in [-0.4, -0.2) is 21.7 Å². The molecule has 2 fully saturated rings. The average Bonchev–Trinajstić information content (AvgIpc) is 3.11. The molecule has 1 aromatic heterocycles. The summed E-state index contributed by atoms with van der Waals surface area (Å²) in [4.78, 5) is 28.8. The molecule has 3 rings (SSSR count). The molecule has 0 radical (unpaired) electrons. The highest BCUT2D eigenvalue weighted by atomic mass is 16.2. The molecule has 17 heavy (non-hydrogen) atoms. The fourth-order valence-electron chi connectivity index (χ4n) is 2.19. The lowest BCUT2D eigenvalue weighted by Crippen LogP contribution is -2.32. The largest absolute Gasteiger partial charge is 0.308 e. The standard InChI is InChI=1S/C11H12N4O2/c12-14-9-2-1-6(4-13-9)5-15-10(16)7-3-8(7)11(15)17/h1-2,4,7-8H,3,5,12H2,(H,13,14). The number of anilines is 1. The van der Waals surface area contributed by atoms with Crippen LogP contribution < -0.4 is 11.3 Å². The number of rotatable bonds is 3. The van der Waals surface area contributed by atoms with Crippen molar-refractivity contribution in [1.29, 1.82) is 0 Å². The van der Waals surface area contributed by atoms with Crippen molar-refractivity contribution in [2.75, 3.05) is 5.43 Å². The number of piperidine rings is 1. The summed E-state index contributed by atoms with van der Waals surface area (Å²) >= 11 is 0. The minimum absolute atomic E-state index is 0.0407. The van der Waals surface area contributed by atoms with Crippen LogP contribution in [0, 0.1) is 11.8 Å². The number of carbonyl (C=O) groups excluding carboxylic acids is 2. The van der Waals surface area contributed by atoms with E-state index in [4.69, 9.17) is 5.84 Å². The Bertz CT molecular complexity index is 465. The van der Waals surface area contributed by atoms with E-state index in [1.807, 2.05) is 0 Å². The van der Waals surface area contributed by atoms with E-state index in [-0.39, 0.29) is 23.7 Å². The van der Waals surface area contributed by atoms with E-state index in [1.165, 1.54) is 4.90 Å². The maximum atomic E-state index is 11.7. The number of imide groups is 1. The number of hydrazine groups is 1. The number of aromatic nitrogens is 1. The van der Waals surface area contributed by atoms with Crippen LogP contribution in [0.25, 0.3) is 0 Å². The Balaban J connectivity index is 1.74. The van der Waals surface area contributed by atoms with Crippen LogP contribution in [0.15, 0.2) is 18.3 Å². The number of nitrogens with zero attached hydrogens (tertiary/aromatic N) is 2. The van der Waals surface area contributed by atoms with Crippen LogP contribution in [0.4, 0.5) is 5.82 Å². The van der Waals surface area contributed by atoms with Gasteiger partial charge in [-0.05, 0) is 18.1 Å². The highest BCUT2D eigenvalue weighted by Crippen LogP contribution is 2.47. The quantitative estimate of drug-likeness (QED) is 0.430. The van der Waals surface area contributed by atoms with Gasteiger partial charge in [-0.2, -0.15) is 0 Å². The van der Waals surface area contributed by atoms with Crippen LogP contribution in [0.1, 0.15) is 12.0 Å². The molecule has 1 aliphatic carbocycles. The molecule has 6 heteroatoms. The summed E-state index contributed by atoms with van der Waals surface area (Å²) in [6.07, 6.45) is 2.35. The fraction of sp³-hybridized carbons (Fsp3) is 0.364. The molecule has 6 nitrogen and oxygen atoms in total. The molecule has 0 aromatic carbocycles. The number of likely N-dealkylation sites (tertiary alicyclic amines) is 1. The Morgan fingerprint density at radius 2 is 2.06 bits per heavy atom. The average molecular weight is 232 g/mol. The molecular weight excluding hydrogens is 220 g/mol. The van der Waals surface area contributed by atoms with Crippen molar-refractivity contribution in [2.45, 2.75) is 13.0 Å². The number of pyridine rings is 1. The third kappa shape index (κ3) is 1.57. The van der Waals surface area contributed by atoms with E-state index in [1.54, 1.807) is 18.3 Å². The van der Waals surface area contributed by atoms with Gasteiger partial charge in [0.15, 0.2) is 0 Å². The zero-order chi connectivity index (χ0) is 12.0. The van der Waals surface area contributed by atoms with Crippen LogP contribution in [-0.2, 0) is 16.1 Å². The number of carbonyl (C=O) groups is 2. The van der Waals surface area contributed by atoms with Gasteiger partial charge >= 0.3 is 0 Å². The normalized spacial score (nSPS) is 26.1. The van der Waals surface area contributed by atoms with Gasteiger partial charge in [-0.25, -0.2) is 10.8 Å². The van der Waals surface area contributed by atoms with Crippen LogP contribution in [0.5, 0.6) is 0 Å². The Kier molecular flexibility index (Phi) is 2.12. The molecule has 1 saturated carbocycles. The van der Waals surface area contributed by atoms with Gasteiger partial charge in [0.25, 0.3) is 0 Å². The third-order valence-electron chi connectivity index (χ3n) is 3.27. The number of nitrogens with one attached hydrogen (secondary N) is 1. The number of hydrogen-bond acceptors (Lipinski definition) is 5. The summed E-state index contributed by atoms with van der Waals surface area (Å²) < 4.78 is 0. The predicted octanol–water partition coefficient (Wildman–Crippen LogP) is -0.128. The molecule has 1 aromatic rings. The summed E-state index contributed by atoms with van der Waals surface area (Å²) in [6.45, 7) is 0.308. The first-order chi connectivity index (χ1) is 8.20. The number of nitrogens with two attached hydrogens (primary N) is 1. The van der Waals surface area contributed by atoms with E-state index < -0.39 is 0 Å². The van der Waals surface area contributed by atoms with E-state index >= 15 is 0 Å². The van der Waals surface area contributed by atoms with E-state index in [2.05, 4.69) is 10.4 Å². The van der Waals surface area contributed by atoms with Gasteiger partial charge in [0.05, 0.1) is 18.4 Å². The number of fused-ring (bicyclic) bond motifs is 1. The maximum absolute atomic E-state index is 11.7. The minimum Gasteiger partial charge on any atom is -0.308 e. The molecule has 1 aliphatic heterocycles. The lowest BCUT2D eigenvalue weighted by atomic mass is 10.2. The first-order valence-electron chi connectivity index (χ1n) is 5.47. The van der Waals surface area contributed by atoms with Gasteiger partial charge in [-0.15, -0.1) is 0 Å². The van der Waals surface area contributed by atoms with Gasteiger partial charge < -0.3 is 5.43 Å². The Hall–Kier alpha value is -1.95. The minimum atomic E-state index is -0.0413. The molecule has 1 saturated heterocycles. The fourth-order valence-corrected chi connectivity index (χ4v) is 2.19. The van der Waals surface area contributed by atoms with Crippen molar-refractivity contribution in [3.8, 4) is 0 Å². The van der Waals surface area contributed by atoms with Crippen molar-refractivity contribution in [2.24, 2.45) is 17.7 Å². The van der Waals surface area contributed by atoms with E-state index in [9.17, 15) is 9.59 Å². The lowest BCUT2D eigenvalue weighted by Gasteiger charge is -2.16. The Labute approximate surface area is 97.8 Å². The second-order valence-electron chi connectivity index (χ2n) is 4.41. The Morgan fingerprint density at radius 1 is 1.35 bits per heavy atom. The topological polar surface area (TPSA) is 88.3 Å². The maximum Gasteiger partial charge on any atom is 0.233 e. The zero-order valence-electron chi connectivity index (χ0n) is 9.09. The summed E-state index contributed by atoms with van der Waals surface area (Å²) in [5, 5.41) is 0. The summed E-state index contributed by atoms with van der Waals surface area (Å²) in [5.41, 5.74) is 3.25.